The van der Waals surface area contributed by atoms with E-state index in [0.717, 1.165) is 67.5 Å². The molecule has 1 aliphatic carbocycles. The van der Waals surface area contributed by atoms with Crippen molar-refractivity contribution in [3.05, 3.63) is 67.1 Å². The van der Waals surface area contributed by atoms with Gasteiger partial charge in [0.25, 0.3) is 0 Å². The van der Waals surface area contributed by atoms with E-state index in [1.807, 2.05) is 18.2 Å². The summed E-state index contributed by atoms with van der Waals surface area (Å²) in [6, 6.07) is 8.62. The number of anilines is 1. The van der Waals surface area contributed by atoms with E-state index >= 15 is 0 Å². The van der Waals surface area contributed by atoms with Crippen LogP contribution in [-0.2, 0) is 0 Å². The van der Waals surface area contributed by atoms with E-state index in [1.165, 1.54) is 25.0 Å². The summed E-state index contributed by atoms with van der Waals surface area (Å²) in [7, 11) is 0. The van der Waals surface area contributed by atoms with Crippen LogP contribution in [-0.4, -0.2) is 77.6 Å². The predicted octanol–water partition coefficient (Wildman–Crippen LogP) is 6.16. The number of hydrogen-bond acceptors (Lipinski definition) is 9. The van der Waals surface area contributed by atoms with Crippen LogP contribution in [0.3, 0.4) is 0 Å². The maximum Gasteiger partial charge on any atom is 0.159 e. The number of aliphatic hydroxyl groups excluding tert-OH is 1. The molecular formula is C35H36FN9O2. The van der Waals surface area contributed by atoms with Crippen molar-refractivity contribution in [3.8, 4) is 39.7 Å². The zero-order valence-electron chi connectivity index (χ0n) is 25.9. The highest BCUT2D eigenvalue weighted by molar-refractivity contribution is 5.97. The Kier molecular flexibility index (Phi) is 7.95. The summed E-state index contributed by atoms with van der Waals surface area (Å²) >= 11 is 0. The van der Waals surface area contributed by atoms with Gasteiger partial charge in [0.2, 0.25) is 0 Å². The molecule has 1 aliphatic heterocycles. The van der Waals surface area contributed by atoms with Crippen LogP contribution in [0.2, 0.25) is 0 Å². The van der Waals surface area contributed by atoms with Crippen molar-refractivity contribution in [1.82, 2.24) is 40.0 Å². The van der Waals surface area contributed by atoms with Crippen LogP contribution < -0.4 is 10.1 Å². The van der Waals surface area contributed by atoms with Crippen molar-refractivity contribution >= 4 is 27.6 Å². The van der Waals surface area contributed by atoms with Gasteiger partial charge in [0.1, 0.15) is 30.1 Å². The average molecular weight is 634 g/mol. The molecular weight excluding hydrogens is 597 g/mol. The minimum atomic E-state index is -0.607. The lowest BCUT2D eigenvalue weighted by Crippen LogP contribution is -2.26. The van der Waals surface area contributed by atoms with Gasteiger partial charge in [-0.1, -0.05) is 12.8 Å². The quantitative estimate of drug-likeness (QED) is 0.131. The number of nitrogens with zero attached hydrogens (tertiary/aromatic N) is 6. The largest absolute Gasteiger partial charge is 0.492 e. The second kappa shape index (κ2) is 12.7. The number of hydrogen-bond donors (Lipinski definition) is 4. The van der Waals surface area contributed by atoms with Crippen LogP contribution in [0.4, 0.5) is 10.1 Å². The molecule has 8 rings (SSSR count). The van der Waals surface area contributed by atoms with Gasteiger partial charge in [0, 0.05) is 47.4 Å². The molecule has 1 saturated heterocycles. The Hall–Kier alpha value is -4.94. The number of ether oxygens (including phenoxy) is 1. The van der Waals surface area contributed by atoms with Crippen LogP contribution in [0.5, 0.6) is 5.75 Å². The van der Waals surface area contributed by atoms with Crippen molar-refractivity contribution in [2.45, 2.75) is 44.8 Å². The molecule has 12 heteroatoms. The van der Waals surface area contributed by atoms with Gasteiger partial charge >= 0.3 is 0 Å². The number of aromatic amines is 2. The standard InChI is InChI=1S/C35H36FN9O2/c36-24-11-22(13-26(14-24)47-10-9-45-7-3-4-8-45)28-18-38-19-31-32(28)42-34(41-31)33-27-15-29(39-20-30(27)43-44-33)23-12-25(17-37-16-23)40-35(46)21-5-1-2-6-21/h11-21,35,40,46H,1-10H2,(H,41,42)(H,43,44). The fourth-order valence-corrected chi connectivity index (χ4v) is 6.83. The number of likely N-dealkylation sites (tertiary alicyclic amines) is 1. The molecule has 0 amide bonds. The Bertz CT molecular complexity index is 2030. The number of H-pyrrole nitrogens is 2. The molecule has 240 valence electrons. The first-order valence-electron chi connectivity index (χ1n) is 16.3. The summed E-state index contributed by atoms with van der Waals surface area (Å²) in [6.07, 6.45) is 14.8. The minimum Gasteiger partial charge on any atom is -0.492 e. The van der Waals surface area contributed by atoms with E-state index < -0.39 is 6.23 Å². The van der Waals surface area contributed by atoms with Crippen LogP contribution in [0.25, 0.3) is 55.8 Å². The fourth-order valence-electron chi connectivity index (χ4n) is 6.83. The van der Waals surface area contributed by atoms with Gasteiger partial charge < -0.3 is 20.1 Å². The first-order valence-corrected chi connectivity index (χ1v) is 16.3. The molecule has 5 aromatic heterocycles. The molecule has 1 aromatic carbocycles. The zero-order chi connectivity index (χ0) is 31.7. The molecule has 6 heterocycles. The topological polar surface area (TPSA) is 141 Å². The SMILES string of the molecule is OC(Nc1cncc(-c2cc3c(-c4nc5c(-c6cc(F)cc(OCCN7CCCC7)c6)cncc5[nH]4)n[nH]c3cn2)c1)C1CCCC1. The Balaban J connectivity index is 1.08. The number of aliphatic hydroxyl groups is 1. The van der Waals surface area contributed by atoms with E-state index in [-0.39, 0.29) is 11.7 Å². The summed E-state index contributed by atoms with van der Waals surface area (Å²) in [5, 5.41) is 22.4. The molecule has 1 unspecified atom stereocenters. The number of aromatic nitrogens is 7. The Morgan fingerprint density at radius 3 is 2.66 bits per heavy atom. The average Bonchev–Trinajstić information content (AvgIpc) is 3.91. The van der Waals surface area contributed by atoms with Crippen molar-refractivity contribution in [2.75, 3.05) is 31.6 Å². The number of imidazole rings is 1. The molecule has 2 aliphatic rings. The highest BCUT2D eigenvalue weighted by atomic mass is 19.1. The summed E-state index contributed by atoms with van der Waals surface area (Å²) < 4.78 is 20.8. The first-order chi connectivity index (χ1) is 23.1. The normalized spacial score (nSPS) is 16.4. The molecule has 1 saturated carbocycles. The fraction of sp³-hybridized carbons (Fsp3) is 0.343. The highest BCUT2D eigenvalue weighted by Crippen LogP contribution is 2.34. The Morgan fingerprint density at radius 2 is 1.79 bits per heavy atom. The van der Waals surface area contributed by atoms with E-state index in [0.29, 0.717) is 51.7 Å². The van der Waals surface area contributed by atoms with Gasteiger partial charge in [-0.05, 0) is 68.6 Å². The monoisotopic (exact) mass is 633 g/mol. The van der Waals surface area contributed by atoms with Gasteiger partial charge in [-0.25, -0.2) is 9.37 Å². The number of fused-ring (bicyclic) bond motifs is 2. The molecule has 0 radical (unpaired) electrons. The number of nitrogens with one attached hydrogen (secondary N) is 3. The van der Waals surface area contributed by atoms with Crippen molar-refractivity contribution in [3.63, 3.8) is 0 Å². The Labute approximate surface area is 270 Å². The van der Waals surface area contributed by atoms with Gasteiger partial charge in [0.15, 0.2) is 5.82 Å². The second-order valence-corrected chi connectivity index (χ2v) is 12.5. The van der Waals surface area contributed by atoms with Crippen molar-refractivity contribution < 1.29 is 14.2 Å². The number of rotatable bonds is 10. The third-order valence-corrected chi connectivity index (χ3v) is 9.32. The molecule has 0 bridgehead atoms. The number of halogens is 1. The van der Waals surface area contributed by atoms with Crippen LogP contribution in [0.1, 0.15) is 38.5 Å². The van der Waals surface area contributed by atoms with E-state index in [4.69, 9.17) is 9.72 Å². The molecule has 0 spiro atoms. The maximum atomic E-state index is 14.8. The summed E-state index contributed by atoms with van der Waals surface area (Å²) in [6.45, 7) is 3.50. The zero-order valence-corrected chi connectivity index (χ0v) is 25.9. The maximum absolute atomic E-state index is 14.8. The first kappa shape index (κ1) is 29.5. The summed E-state index contributed by atoms with van der Waals surface area (Å²) in [5.41, 5.74) is 6.31. The smallest absolute Gasteiger partial charge is 0.159 e. The van der Waals surface area contributed by atoms with Gasteiger partial charge in [-0.2, -0.15) is 5.10 Å². The summed E-state index contributed by atoms with van der Waals surface area (Å²) in [4.78, 5) is 24.1. The van der Waals surface area contributed by atoms with Gasteiger partial charge in [-0.3, -0.25) is 25.0 Å². The lowest BCUT2D eigenvalue weighted by molar-refractivity contribution is 0.137. The van der Waals surface area contributed by atoms with Crippen LogP contribution in [0.15, 0.2) is 61.3 Å². The molecule has 47 heavy (non-hydrogen) atoms. The molecule has 2 fully saturated rings. The predicted molar refractivity (Wildman–Crippen MR) is 178 cm³/mol. The lowest BCUT2D eigenvalue weighted by atomic mass is 10.1. The Morgan fingerprint density at radius 1 is 0.936 bits per heavy atom. The van der Waals surface area contributed by atoms with E-state index in [9.17, 15) is 9.50 Å². The lowest BCUT2D eigenvalue weighted by Gasteiger charge is -2.20. The minimum absolute atomic E-state index is 0.252. The molecule has 6 aromatic rings. The third kappa shape index (κ3) is 6.13. The number of benzene rings is 1. The summed E-state index contributed by atoms with van der Waals surface area (Å²) in [5.74, 6) is 0.894. The molecule has 4 N–H and O–H groups in total. The van der Waals surface area contributed by atoms with E-state index in [2.05, 4.69) is 40.3 Å². The van der Waals surface area contributed by atoms with Crippen LogP contribution >= 0.6 is 0 Å². The molecule has 1 atom stereocenters. The second-order valence-electron chi connectivity index (χ2n) is 12.5. The molecule has 11 nitrogen and oxygen atoms in total. The van der Waals surface area contributed by atoms with Crippen LogP contribution in [0, 0.1) is 11.7 Å². The highest BCUT2D eigenvalue weighted by Gasteiger charge is 2.23. The van der Waals surface area contributed by atoms with Crippen molar-refractivity contribution in [1.29, 1.82) is 0 Å². The van der Waals surface area contributed by atoms with Crippen molar-refractivity contribution in [2.24, 2.45) is 5.92 Å². The number of pyridine rings is 3. The van der Waals surface area contributed by atoms with Gasteiger partial charge in [0.05, 0.1) is 46.5 Å². The van der Waals surface area contributed by atoms with E-state index in [1.54, 1.807) is 31.0 Å². The third-order valence-electron chi connectivity index (χ3n) is 9.32. The van der Waals surface area contributed by atoms with Gasteiger partial charge in [-0.15, -0.1) is 0 Å².